The number of ether oxygens (including phenoxy) is 1. The zero-order valence-corrected chi connectivity index (χ0v) is 15.7. The molecule has 1 atom stereocenters. The highest BCUT2D eigenvalue weighted by Crippen LogP contribution is 2.35. The van der Waals surface area contributed by atoms with Crippen molar-refractivity contribution in [3.63, 3.8) is 0 Å². The van der Waals surface area contributed by atoms with Crippen molar-refractivity contribution in [1.29, 1.82) is 0 Å². The Kier molecular flexibility index (Phi) is 5.20. The van der Waals surface area contributed by atoms with E-state index in [0.29, 0.717) is 29.1 Å². The highest BCUT2D eigenvalue weighted by Gasteiger charge is 2.24. The molecule has 2 heterocycles. The van der Waals surface area contributed by atoms with Gasteiger partial charge in [-0.15, -0.1) is 11.3 Å². The maximum Gasteiger partial charge on any atom is 0.326 e. The van der Waals surface area contributed by atoms with Gasteiger partial charge in [0.1, 0.15) is 16.7 Å². The Morgan fingerprint density at radius 2 is 2.04 bits per heavy atom. The van der Waals surface area contributed by atoms with Crippen LogP contribution >= 0.6 is 11.3 Å². The molecular weight excluding hydrogens is 352 g/mol. The van der Waals surface area contributed by atoms with E-state index in [1.807, 2.05) is 37.3 Å². The number of aliphatic carboxylic acids is 1. The van der Waals surface area contributed by atoms with Crippen molar-refractivity contribution in [2.24, 2.45) is 0 Å². The van der Waals surface area contributed by atoms with Crippen LogP contribution in [0.2, 0.25) is 0 Å². The largest absolute Gasteiger partial charge is 0.480 e. The molecule has 1 unspecified atom stereocenters. The molecule has 0 saturated heterocycles. The molecule has 3 rings (SSSR count). The molecule has 0 saturated carbocycles. The normalized spacial score (nSPS) is 12.4. The summed E-state index contributed by atoms with van der Waals surface area (Å²) < 4.78 is 6.37. The van der Waals surface area contributed by atoms with Crippen molar-refractivity contribution in [2.45, 2.75) is 26.3 Å². The summed E-state index contributed by atoms with van der Waals surface area (Å²) in [6.45, 7) is 3.81. The Labute approximate surface area is 154 Å². The van der Waals surface area contributed by atoms with Crippen LogP contribution in [0.3, 0.4) is 0 Å². The Balaban J connectivity index is 2.34. The number of methoxy groups -OCH3 is 1. The molecule has 0 aliphatic carbocycles. The molecule has 1 N–H and O–H groups in total. The number of hydrogen-bond donors (Lipinski definition) is 1. The Morgan fingerprint density at radius 1 is 1.35 bits per heavy atom. The van der Waals surface area contributed by atoms with Crippen molar-refractivity contribution >= 4 is 27.5 Å². The average molecular weight is 372 g/mol. The first kappa shape index (κ1) is 18.3. The van der Waals surface area contributed by atoms with Crippen LogP contribution in [0.5, 0.6) is 0 Å². The summed E-state index contributed by atoms with van der Waals surface area (Å²) in [6.07, 6.45) is 0.372. The van der Waals surface area contributed by atoms with Gasteiger partial charge in [0, 0.05) is 24.0 Å². The third kappa shape index (κ3) is 3.15. The average Bonchev–Trinajstić information content (AvgIpc) is 2.96. The van der Waals surface area contributed by atoms with E-state index in [1.54, 1.807) is 7.11 Å². The van der Waals surface area contributed by atoms with Gasteiger partial charge in [-0.2, -0.15) is 0 Å². The van der Waals surface area contributed by atoms with Crippen molar-refractivity contribution in [3.8, 4) is 11.1 Å². The maximum absolute atomic E-state index is 13.3. The topological polar surface area (TPSA) is 81.4 Å². The molecule has 26 heavy (non-hydrogen) atoms. The minimum absolute atomic E-state index is 0.320. The predicted octanol–water partition coefficient (Wildman–Crippen LogP) is 3.27. The molecule has 2 aromatic heterocycles. The fraction of sp³-hybridized carbons (Fsp3) is 0.316. The molecule has 0 amide bonds. The van der Waals surface area contributed by atoms with Gasteiger partial charge in [0.15, 0.2) is 0 Å². The van der Waals surface area contributed by atoms with E-state index in [2.05, 4.69) is 4.98 Å². The predicted molar refractivity (Wildman–Crippen MR) is 102 cm³/mol. The fourth-order valence-corrected chi connectivity index (χ4v) is 4.10. The second kappa shape index (κ2) is 7.39. The highest BCUT2D eigenvalue weighted by atomic mass is 32.1. The van der Waals surface area contributed by atoms with Gasteiger partial charge >= 0.3 is 5.97 Å². The van der Waals surface area contributed by atoms with Gasteiger partial charge in [-0.1, -0.05) is 30.3 Å². The number of carboxylic acids is 1. The Hall–Kier alpha value is -2.51. The lowest BCUT2D eigenvalue weighted by molar-refractivity contribution is -0.140. The van der Waals surface area contributed by atoms with Gasteiger partial charge in [-0.05, 0) is 19.4 Å². The second-order valence-electron chi connectivity index (χ2n) is 6.04. The molecule has 6 nitrogen and oxygen atoms in total. The minimum Gasteiger partial charge on any atom is -0.480 e. The quantitative estimate of drug-likeness (QED) is 0.718. The lowest BCUT2D eigenvalue weighted by Gasteiger charge is -2.16. The minimum atomic E-state index is -1.07. The SMILES string of the molecule is COCCc1nc2sc(C)c(-c3ccccc3)c2c(=O)n1C(C)C(=O)O. The van der Waals surface area contributed by atoms with Crippen LogP contribution < -0.4 is 5.56 Å². The number of fused-ring (bicyclic) bond motifs is 1. The van der Waals surface area contributed by atoms with E-state index in [0.717, 1.165) is 16.0 Å². The van der Waals surface area contributed by atoms with Crippen LogP contribution in [0.25, 0.3) is 21.3 Å². The van der Waals surface area contributed by atoms with Crippen molar-refractivity contribution in [3.05, 3.63) is 51.4 Å². The summed E-state index contributed by atoms with van der Waals surface area (Å²) in [5.74, 6) is -0.639. The number of aryl methyl sites for hydroxylation is 1. The summed E-state index contributed by atoms with van der Waals surface area (Å²) in [5.41, 5.74) is 1.43. The van der Waals surface area contributed by atoms with Gasteiger partial charge in [0.05, 0.1) is 12.0 Å². The fourth-order valence-electron chi connectivity index (χ4n) is 3.05. The van der Waals surface area contributed by atoms with Crippen LogP contribution in [-0.4, -0.2) is 34.3 Å². The van der Waals surface area contributed by atoms with Gasteiger partial charge in [-0.25, -0.2) is 9.78 Å². The van der Waals surface area contributed by atoms with Crippen LogP contribution in [0.1, 0.15) is 23.7 Å². The third-order valence-electron chi connectivity index (χ3n) is 4.34. The Morgan fingerprint density at radius 3 is 2.65 bits per heavy atom. The van der Waals surface area contributed by atoms with Crippen molar-refractivity contribution in [1.82, 2.24) is 9.55 Å². The van der Waals surface area contributed by atoms with E-state index in [1.165, 1.54) is 22.8 Å². The summed E-state index contributed by atoms with van der Waals surface area (Å²) in [5, 5.41) is 9.94. The smallest absolute Gasteiger partial charge is 0.326 e. The zero-order valence-electron chi connectivity index (χ0n) is 14.9. The first-order valence-electron chi connectivity index (χ1n) is 8.27. The molecule has 0 bridgehead atoms. The number of aromatic nitrogens is 2. The monoisotopic (exact) mass is 372 g/mol. The number of rotatable bonds is 6. The molecule has 0 spiro atoms. The van der Waals surface area contributed by atoms with Gasteiger partial charge in [0.2, 0.25) is 0 Å². The number of benzene rings is 1. The van der Waals surface area contributed by atoms with Crippen LogP contribution in [-0.2, 0) is 16.0 Å². The van der Waals surface area contributed by atoms with Gasteiger partial charge in [0.25, 0.3) is 5.56 Å². The van der Waals surface area contributed by atoms with Crippen LogP contribution in [0, 0.1) is 6.92 Å². The van der Waals surface area contributed by atoms with E-state index < -0.39 is 12.0 Å². The van der Waals surface area contributed by atoms with Gasteiger partial charge in [-0.3, -0.25) is 9.36 Å². The number of hydrogen-bond acceptors (Lipinski definition) is 5. The number of carbonyl (C=O) groups is 1. The summed E-state index contributed by atoms with van der Waals surface area (Å²) >= 11 is 1.45. The first-order valence-corrected chi connectivity index (χ1v) is 9.09. The zero-order chi connectivity index (χ0) is 18.8. The standard InChI is InChI=1S/C19H20N2O4S/c1-11(19(23)24)21-14(9-10-25-3)20-17-16(18(21)22)15(12(2)26-17)13-7-5-4-6-8-13/h4-8,11H,9-10H2,1-3H3,(H,23,24). The number of thiophene rings is 1. The summed E-state index contributed by atoms with van der Waals surface area (Å²) in [4.78, 5) is 31.1. The number of nitrogens with zero attached hydrogens (tertiary/aromatic N) is 2. The lowest BCUT2D eigenvalue weighted by atomic mass is 10.0. The summed E-state index contributed by atoms with van der Waals surface area (Å²) in [6, 6.07) is 8.62. The molecule has 1 aromatic carbocycles. The third-order valence-corrected chi connectivity index (χ3v) is 5.34. The van der Waals surface area contributed by atoms with E-state index in [4.69, 9.17) is 4.74 Å². The molecule has 0 radical (unpaired) electrons. The molecule has 0 aliphatic rings. The highest BCUT2D eigenvalue weighted by molar-refractivity contribution is 7.19. The summed E-state index contributed by atoms with van der Waals surface area (Å²) in [7, 11) is 1.56. The second-order valence-corrected chi connectivity index (χ2v) is 7.24. The van der Waals surface area contributed by atoms with E-state index in [9.17, 15) is 14.7 Å². The van der Waals surface area contributed by atoms with Gasteiger partial charge < -0.3 is 9.84 Å². The van der Waals surface area contributed by atoms with Crippen molar-refractivity contribution < 1.29 is 14.6 Å². The molecule has 136 valence electrons. The molecule has 0 aliphatic heterocycles. The van der Waals surface area contributed by atoms with E-state index >= 15 is 0 Å². The maximum atomic E-state index is 13.3. The Bertz CT molecular complexity index is 1010. The van der Waals surface area contributed by atoms with Crippen LogP contribution in [0.4, 0.5) is 0 Å². The lowest BCUT2D eigenvalue weighted by Crippen LogP contribution is -2.32. The van der Waals surface area contributed by atoms with E-state index in [-0.39, 0.29) is 5.56 Å². The molecular formula is C19H20N2O4S. The molecule has 0 fully saturated rings. The van der Waals surface area contributed by atoms with Crippen molar-refractivity contribution in [2.75, 3.05) is 13.7 Å². The first-order chi connectivity index (χ1) is 12.5. The molecule has 7 heteroatoms. The van der Waals surface area contributed by atoms with Crippen LogP contribution in [0.15, 0.2) is 35.1 Å². The molecule has 3 aromatic rings. The number of carboxylic acid groups (broad SMARTS) is 1.